The fourth-order valence-electron chi connectivity index (χ4n) is 2.33. The molecule has 120 valence electrons. The molecule has 0 unspecified atom stereocenters. The highest BCUT2D eigenvalue weighted by molar-refractivity contribution is 5.69. The molecule has 1 aliphatic rings. The summed E-state index contributed by atoms with van der Waals surface area (Å²) in [5.74, 6) is -0.168. The van der Waals surface area contributed by atoms with E-state index in [0.29, 0.717) is 6.42 Å². The van der Waals surface area contributed by atoms with E-state index in [-0.39, 0.29) is 22.8 Å². The lowest BCUT2D eigenvalue weighted by atomic mass is 9.80. The number of carbonyl (C=O) groups is 1. The smallest absolute Gasteiger partial charge is 0.414 e. The Kier molecular flexibility index (Phi) is 5.02. The number of nitrogens with zero attached hydrogens (tertiary/aromatic N) is 2. The first kappa shape index (κ1) is 17.5. The van der Waals surface area contributed by atoms with Gasteiger partial charge in [-0.05, 0) is 32.6 Å². The van der Waals surface area contributed by atoms with Crippen LogP contribution in [0.1, 0.15) is 48.0 Å². The second-order valence-electron chi connectivity index (χ2n) is 7.76. The molecular weight excluding hydrogens is 272 g/mol. The number of nitro groups is 1. The fourth-order valence-corrected chi connectivity index (χ4v) is 2.33. The number of carbonyl (C=O) groups excluding carboxylic acids is 1. The Bertz CT molecular complexity index is 432. The van der Waals surface area contributed by atoms with Crippen LogP contribution < -0.4 is 0 Å². The standard InChI is InChI=1S/C15H26N2O4/c1-14(2,3)9-11-7-8-16(10-12(11)17(19)20)13(18)21-15(4,5)6/h7-8,11-12H,9-10H2,1-6H3/t11-,12+/m0/s1. The monoisotopic (exact) mass is 298 g/mol. The zero-order chi connectivity index (χ0) is 16.4. The number of amides is 1. The van der Waals surface area contributed by atoms with Gasteiger partial charge in [-0.15, -0.1) is 0 Å². The van der Waals surface area contributed by atoms with Crippen molar-refractivity contribution in [2.24, 2.45) is 11.3 Å². The Morgan fingerprint density at radius 3 is 2.33 bits per heavy atom. The van der Waals surface area contributed by atoms with Crippen LogP contribution in [0.4, 0.5) is 4.79 Å². The van der Waals surface area contributed by atoms with Crippen LogP contribution in [0.25, 0.3) is 0 Å². The lowest BCUT2D eigenvalue weighted by Gasteiger charge is -2.33. The molecule has 0 saturated carbocycles. The third-order valence-electron chi connectivity index (χ3n) is 3.14. The Morgan fingerprint density at radius 1 is 1.33 bits per heavy atom. The van der Waals surface area contributed by atoms with Gasteiger partial charge in [0.2, 0.25) is 6.04 Å². The summed E-state index contributed by atoms with van der Waals surface area (Å²) in [6.07, 6.45) is 3.54. The van der Waals surface area contributed by atoms with Crippen molar-refractivity contribution in [1.82, 2.24) is 4.90 Å². The largest absolute Gasteiger partial charge is 0.443 e. The highest BCUT2D eigenvalue weighted by Crippen LogP contribution is 2.31. The SMILES string of the molecule is CC(C)(C)C[C@@H]1C=CN(C(=O)OC(C)(C)C)C[C@H]1[N+](=O)[O-]. The summed E-state index contributed by atoms with van der Waals surface area (Å²) in [6, 6.07) is -0.790. The maximum atomic E-state index is 12.0. The van der Waals surface area contributed by atoms with Gasteiger partial charge < -0.3 is 4.74 Å². The molecule has 0 aromatic heterocycles. The first-order valence-corrected chi connectivity index (χ1v) is 7.20. The van der Waals surface area contributed by atoms with E-state index in [1.807, 2.05) is 0 Å². The molecule has 0 N–H and O–H groups in total. The summed E-state index contributed by atoms with van der Waals surface area (Å²) < 4.78 is 5.25. The summed E-state index contributed by atoms with van der Waals surface area (Å²) in [4.78, 5) is 24.3. The molecule has 1 rings (SSSR count). The molecule has 0 aliphatic carbocycles. The van der Waals surface area contributed by atoms with Crippen LogP contribution >= 0.6 is 0 Å². The van der Waals surface area contributed by atoms with E-state index in [1.54, 1.807) is 33.0 Å². The molecule has 0 saturated heterocycles. The average molecular weight is 298 g/mol. The van der Waals surface area contributed by atoms with Gasteiger partial charge in [0.15, 0.2) is 0 Å². The van der Waals surface area contributed by atoms with Crippen LogP contribution in [0, 0.1) is 21.4 Å². The Morgan fingerprint density at radius 2 is 1.90 bits per heavy atom. The van der Waals surface area contributed by atoms with Crippen LogP contribution in [0.3, 0.4) is 0 Å². The minimum absolute atomic E-state index is 0.00262. The van der Waals surface area contributed by atoms with Gasteiger partial charge >= 0.3 is 6.09 Å². The molecule has 21 heavy (non-hydrogen) atoms. The van der Waals surface area contributed by atoms with Crippen LogP contribution in [0.5, 0.6) is 0 Å². The number of rotatable bonds is 2. The lowest BCUT2D eigenvalue weighted by Crippen LogP contribution is -2.46. The maximum absolute atomic E-state index is 12.0. The van der Waals surface area contributed by atoms with Gasteiger partial charge in [-0.2, -0.15) is 0 Å². The molecule has 1 aliphatic heterocycles. The summed E-state index contributed by atoms with van der Waals surface area (Å²) in [5, 5.41) is 11.3. The van der Waals surface area contributed by atoms with Crippen molar-refractivity contribution in [2.45, 2.75) is 59.6 Å². The highest BCUT2D eigenvalue weighted by Gasteiger charge is 2.39. The van der Waals surface area contributed by atoms with Crippen molar-refractivity contribution in [1.29, 1.82) is 0 Å². The van der Waals surface area contributed by atoms with E-state index in [0.717, 1.165) is 0 Å². The second-order valence-corrected chi connectivity index (χ2v) is 7.76. The summed E-state index contributed by atoms with van der Waals surface area (Å²) in [7, 11) is 0. The molecular formula is C15H26N2O4. The number of hydrogen-bond acceptors (Lipinski definition) is 4. The van der Waals surface area contributed by atoms with Gasteiger partial charge in [0.1, 0.15) is 5.60 Å². The number of ether oxygens (including phenoxy) is 1. The number of hydrogen-bond donors (Lipinski definition) is 0. The predicted molar refractivity (Wildman–Crippen MR) is 80.4 cm³/mol. The van der Waals surface area contributed by atoms with E-state index in [2.05, 4.69) is 20.8 Å². The van der Waals surface area contributed by atoms with Crippen LogP contribution in [0.2, 0.25) is 0 Å². The van der Waals surface area contributed by atoms with E-state index in [1.165, 1.54) is 4.90 Å². The van der Waals surface area contributed by atoms with E-state index < -0.39 is 17.7 Å². The Hall–Kier alpha value is -1.59. The molecule has 0 bridgehead atoms. The van der Waals surface area contributed by atoms with Gasteiger partial charge in [0, 0.05) is 17.0 Å². The third kappa shape index (κ3) is 5.73. The molecule has 0 aromatic rings. The van der Waals surface area contributed by atoms with Crippen LogP contribution in [-0.2, 0) is 4.74 Å². The maximum Gasteiger partial charge on any atom is 0.414 e. The Labute approximate surface area is 126 Å². The van der Waals surface area contributed by atoms with Crippen molar-refractivity contribution in [3.8, 4) is 0 Å². The Balaban J connectivity index is 2.85. The van der Waals surface area contributed by atoms with Crippen molar-refractivity contribution in [3.63, 3.8) is 0 Å². The normalized spacial score (nSPS) is 23.0. The van der Waals surface area contributed by atoms with Gasteiger partial charge in [0.25, 0.3) is 0 Å². The molecule has 6 heteroatoms. The predicted octanol–water partition coefficient (Wildman–Crippen LogP) is 3.45. The molecule has 2 atom stereocenters. The zero-order valence-corrected chi connectivity index (χ0v) is 13.8. The van der Waals surface area contributed by atoms with Crippen LogP contribution in [-0.4, -0.2) is 34.1 Å². The second kappa shape index (κ2) is 6.03. The molecule has 1 amide bonds. The molecule has 6 nitrogen and oxygen atoms in total. The average Bonchev–Trinajstić information content (AvgIpc) is 2.24. The highest BCUT2D eigenvalue weighted by atomic mass is 16.6. The summed E-state index contributed by atoms with van der Waals surface area (Å²) in [6.45, 7) is 11.5. The van der Waals surface area contributed by atoms with E-state index in [9.17, 15) is 14.9 Å². The van der Waals surface area contributed by atoms with Crippen LogP contribution in [0.15, 0.2) is 12.3 Å². The zero-order valence-electron chi connectivity index (χ0n) is 13.8. The quantitative estimate of drug-likeness (QED) is 0.578. The minimum atomic E-state index is -0.790. The van der Waals surface area contributed by atoms with E-state index >= 15 is 0 Å². The lowest BCUT2D eigenvalue weighted by molar-refractivity contribution is -0.531. The molecule has 0 aromatic carbocycles. The van der Waals surface area contributed by atoms with E-state index in [4.69, 9.17) is 4.74 Å². The first-order chi connectivity index (χ1) is 9.39. The van der Waals surface area contributed by atoms with Gasteiger partial charge in [-0.1, -0.05) is 26.8 Å². The van der Waals surface area contributed by atoms with Crippen molar-refractivity contribution < 1.29 is 14.5 Å². The van der Waals surface area contributed by atoms with Gasteiger partial charge in [-0.25, -0.2) is 4.79 Å². The van der Waals surface area contributed by atoms with Crippen molar-refractivity contribution >= 4 is 6.09 Å². The molecule has 0 spiro atoms. The topological polar surface area (TPSA) is 72.7 Å². The molecule has 0 fully saturated rings. The summed E-state index contributed by atoms with van der Waals surface area (Å²) in [5.41, 5.74) is -0.616. The minimum Gasteiger partial charge on any atom is -0.443 e. The molecule has 1 heterocycles. The first-order valence-electron chi connectivity index (χ1n) is 7.20. The molecule has 0 radical (unpaired) electrons. The fraction of sp³-hybridized carbons (Fsp3) is 0.800. The third-order valence-corrected chi connectivity index (χ3v) is 3.14. The van der Waals surface area contributed by atoms with Gasteiger partial charge in [0.05, 0.1) is 6.54 Å². The summed E-state index contributed by atoms with van der Waals surface area (Å²) >= 11 is 0. The van der Waals surface area contributed by atoms with Gasteiger partial charge in [-0.3, -0.25) is 15.0 Å². The van der Waals surface area contributed by atoms with Crippen molar-refractivity contribution in [2.75, 3.05) is 6.54 Å². The van der Waals surface area contributed by atoms with Crippen molar-refractivity contribution in [3.05, 3.63) is 22.4 Å².